The molecule has 1 unspecified atom stereocenters. The van der Waals surface area contributed by atoms with E-state index in [2.05, 4.69) is 10.3 Å². The van der Waals surface area contributed by atoms with Gasteiger partial charge < -0.3 is 19.9 Å². The molecule has 2 rings (SSSR count). The number of nitrogens with one attached hydrogen (secondary N) is 1. The van der Waals surface area contributed by atoms with Crippen LogP contribution >= 0.6 is 11.6 Å². The number of carbonyl (C=O) groups excluding carboxylic acids is 1. The smallest absolute Gasteiger partial charge is 0.252 e. The lowest BCUT2D eigenvalue weighted by Gasteiger charge is -2.12. The first-order chi connectivity index (χ1) is 9.20. The Balaban J connectivity index is 2.01. The molecule has 104 valence electrons. The number of amides is 1. The first-order valence-electron chi connectivity index (χ1n) is 5.99. The second-order valence-corrected chi connectivity index (χ2v) is 4.50. The molecule has 1 aromatic rings. The van der Waals surface area contributed by atoms with E-state index in [1.165, 1.54) is 12.3 Å². The maximum atomic E-state index is 11.6. The quantitative estimate of drug-likeness (QED) is 0.830. The molecule has 6 nitrogen and oxygen atoms in total. The predicted octanol–water partition coefficient (Wildman–Crippen LogP) is 0.625. The molecule has 1 saturated heterocycles. The summed E-state index contributed by atoms with van der Waals surface area (Å²) in [6.45, 7) is 1.27. The maximum absolute atomic E-state index is 11.6. The van der Waals surface area contributed by atoms with E-state index in [4.69, 9.17) is 26.2 Å². The van der Waals surface area contributed by atoms with E-state index in [9.17, 15) is 4.79 Å². The van der Waals surface area contributed by atoms with Crippen LogP contribution < -0.4 is 10.1 Å². The van der Waals surface area contributed by atoms with Crippen LogP contribution in [0.4, 0.5) is 0 Å². The molecule has 1 fully saturated rings. The highest BCUT2D eigenvalue weighted by Gasteiger charge is 2.19. The normalized spacial score (nSPS) is 18.3. The molecule has 2 N–H and O–H groups in total. The summed E-state index contributed by atoms with van der Waals surface area (Å²) in [5.74, 6) is -0.0323. The summed E-state index contributed by atoms with van der Waals surface area (Å²) in [6, 6.07) is 1.49. The van der Waals surface area contributed by atoms with Gasteiger partial charge in [0, 0.05) is 19.2 Å². The number of nitrogens with zero attached hydrogens (tertiary/aromatic N) is 1. The summed E-state index contributed by atoms with van der Waals surface area (Å²) < 4.78 is 10.8. The molecule has 7 heteroatoms. The number of aliphatic hydroxyl groups is 1. The van der Waals surface area contributed by atoms with Crippen LogP contribution in [0, 0.1) is 0 Å². The van der Waals surface area contributed by atoms with Gasteiger partial charge in [0.05, 0.1) is 25.4 Å². The first-order valence-corrected chi connectivity index (χ1v) is 6.37. The standard InChI is InChI=1S/C12H15ClN2O4/c13-10-5-8(11(17)14-2-3-16)6-15-12(10)19-9-1-4-18-7-9/h5-6,9,16H,1-4,7H2,(H,14,17). The zero-order chi connectivity index (χ0) is 13.7. The van der Waals surface area contributed by atoms with Crippen LogP contribution in [0.15, 0.2) is 12.3 Å². The average molecular weight is 287 g/mol. The molecule has 19 heavy (non-hydrogen) atoms. The van der Waals surface area contributed by atoms with Crippen LogP contribution in [0.25, 0.3) is 0 Å². The highest BCUT2D eigenvalue weighted by atomic mass is 35.5. The summed E-state index contributed by atoms with van der Waals surface area (Å²) in [6.07, 6.45) is 2.15. The number of ether oxygens (including phenoxy) is 2. The van der Waals surface area contributed by atoms with Crippen molar-refractivity contribution in [2.75, 3.05) is 26.4 Å². The fourth-order valence-corrected chi connectivity index (χ4v) is 1.88. The van der Waals surface area contributed by atoms with Gasteiger partial charge in [-0.1, -0.05) is 11.6 Å². The van der Waals surface area contributed by atoms with Crippen molar-refractivity contribution in [1.29, 1.82) is 0 Å². The van der Waals surface area contributed by atoms with Gasteiger partial charge in [-0.05, 0) is 6.07 Å². The van der Waals surface area contributed by atoms with Gasteiger partial charge in [-0.25, -0.2) is 4.98 Å². The molecule has 0 spiro atoms. The van der Waals surface area contributed by atoms with Gasteiger partial charge >= 0.3 is 0 Å². The van der Waals surface area contributed by atoms with Crippen LogP contribution in [0.1, 0.15) is 16.8 Å². The predicted molar refractivity (Wildman–Crippen MR) is 68.5 cm³/mol. The van der Waals surface area contributed by atoms with Crippen LogP contribution in [0.3, 0.4) is 0 Å². The monoisotopic (exact) mass is 286 g/mol. The zero-order valence-corrected chi connectivity index (χ0v) is 11.0. The Morgan fingerprint density at radius 3 is 3.16 bits per heavy atom. The van der Waals surface area contributed by atoms with Gasteiger partial charge in [-0.2, -0.15) is 0 Å². The van der Waals surface area contributed by atoms with E-state index in [1.54, 1.807) is 0 Å². The van der Waals surface area contributed by atoms with Gasteiger partial charge in [0.25, 0.3) is 5.91 Å². The summed E-state index contributed by atoms with van der Waals surface area (Å²) in [5, 5.41) is 11.4. The van der Waals surface area contributed by atoms with Crippen molar-refractivity contribution in [3.63, 3.8) is 0 Å². The summed E-state index contributed by atoms with van der Waals surface area (Å²) in [7, 11) is 0. The fraction of sp³-hybridized carbons (Fsp3) is 0.500. The Hall–Kier alpha value is -1.37. The van der Waals surface area contributed by atoms with Gasteiger partial charge in [0.15, 0.2) is 0 Å². The molecule has 1 aliphatic rings. The van der Waals surface area contributed by atoms with E-state index in [1.807, 2.05) is 0 Å². The lowest BCUT2D eigenvalue weighted by molar-refractivity contribution is 0.0944. The van der Waals surface area contributed by atoms with Gasteiger partial charge in [0.2, 0.25) is 5.88 Å². The number of aromatic nitrogens is 1. The molecule has 0 saturated carbocycles. The van der Waals surface area contributed by atoms with Crippen molar-refractivity contribution in [1.82, 2.24) is 10.3 Å². The average Bonchev–Trinajstić information content (AvgIpc) is 2.91. The van der Waals surface area contributed by atoms with Gasteiger partial charge in [0.1, 0.15) is 11.1 Å². The minimum absolute atomic E-state index is 0.0425. The van der Waals surface area contributed by atoms with Gasteiger partial charge in [-0.3, -0.25) is 4.79 Å². The Morgan fingerprint density at radius 1 is 1.68 bits per heavy atom. The summed E-state index contributed by atoms with van der Waals surface area (Å²) in [4.78, 5) is 15.7. The molecule has 0 aliphatic carbocycles. The summed E-state index contributed by atoms with van der Waals surface area (Å²) >= 11 is 6.03. The largest absolute Gasteiger partial charge is 0.471 e. The third-order valence-electron chi connectivity index (χ3n) is 2.63. The van der Waals surface area contributed by atoms with Crippen molar-refractivity contribution in [3.8, 4) is 5.88 Å². The third kappa shape index (κ3) is 3.79. The minimum atomic E-state index is -0.334. The number of hydrogen-bond acceptors (Lipinski definition) is 5. The molecule has 1 aromatic heterocycles. The Bertz CT molecular complexity index is 449. The van der Waals surface area contributed by atoms with E-state index in [0.717, 1.165) is 6.42 Å². The maximum Gasteiger partial charge on any atom is 0.252 e. The highest BCUT2D eigenvalue weighted by molar-refractivity contribution is 6.32. The van der Waals surface area contributed by atoms with E-state index in [0.29, 0.717) is 24.7 Å². The number of carbonyl (C=O) groups is 1. The van der Waals surface area contributed by atoms with Crippen LogP contribution in [0.5, 0.6) is 5.88 Å². The number of hydrogen-bond donors (Lipinski definition) is 2. The number of aliphatic hydroxyl groups excluding tert-OH is 1. The molecule has 1 amide bonds. The Labute approximate surface area is 115 Å². The second kappa shape index (κ2) is 6.70. The number of pyridine rings is 1. The Morgan fingerprint density at radius 2 is 2.53 bits per heavy atom. The molecule has 1 atom stereocenters. The zero-order valence-electron chi connectivity index (χ0n) is 10.3. The minimum Gasteiger partial charge on any atom is -0.471 e. The molecular formula is C12H15ClN2O4. The van der Waals surface area contributed by atoms with Gasteiger partial charge in [-0.15, -0.1) is 0 Å². The van der Waals surface area contributed by atoms with E-state index in [-0.39, 0.29) is 30.2 Å². The highest BCUT2D eigenvalue weighted by Crippen LogP contribution is 2.25. The van der Waals surface area contributed by atoms with Crippen LogP contribution in [-0.2, 0) is 4.74 Å². The third-order valence-corrected chi connectivity index (χ3v) is 2.90. The van der Waals surface area contributed by atoms with Crippen molar-refractivity contribution in [2.24, 2.45) is 0 Å². The fourth-order valence-electron chi connectivity index (χ4n) is 1.67. The van der Waals surface area contributed by atoms with Crippen molar-refractivity contribution in [3.05, 3.63) is 22.8 Å². The lowest BCUT2D eigenvalue weighted by atomic mass is 10.2. The lowest BCUT2D eigenvalue weighted by Crippen LogP contribution is -2.26. The SMILES string of the molecule is O=C(NCCO)c1cnc(OC2CCOC2)c(Cl)c1. The molecule has 0 radical (unpaired) electrons. The molecular weight excluding hydrogens is 272 g/mol. The molecule has 2 heterocycles. The van der Waals surface area contributed by atoms with Crippen LogP contribution in [-0.4, -0.2) is 48.5 Å². The van der Waals surface area contributed by atoms with Crippen molar-refractivity contribution in [2.45, 2.75) is 12.5 Å². The van der Waals surface area contributed by atoms with Crippen molar-refractivity contribution < 1.29 is 19.4 Å². The first kappa shape index (κ1) is 14.0. The van der Waals surface area contributed by atoms with Crippen molar-refractivity contribution >= 4 is 17.5 Å². The van der Waals surface area contributed by atoms with Crippen LogP contribution in [0.2, 0.25) is 5.02 Å². The molecule has 0 bridgehead atoms. The Kier molecular flexibility index (Phi) is 4.95. The molecule has 0 aromatic carbocycles. The summed E-state index contributed by atoms with van der Waals surface area (Å²) in [5.41, 5.74) is 0.327. The number of halogens is 1. The number of rotatable bonds is 5. The molecule has 1 aliphatic heterocycles. The topological polar surface area (TPSA) is 80.7 Å². The van der Waals surface area contributed by atoms with E-state index < -0.39 is 0 Å². The second-order valence-electron chi connectivity index (χ2n) is 4.09. The van der Waals surface area contributed by atoms with E-state index >= 15 is 0 Å².